The van der Waals surface area contributed by atoms with Crippen molar-refractivity contribution in [3.8, 4) is 5.75 Å². The molecule has 1 aromatic rings. The minimum atomic E-state index is -3.50. The molecule has 1 aliphatic rings. The number of hydrazone groups is 1. The number of alkyl halides is 4. The highest BCUT2D eigenvalue weighted by atomic mass is 79.9. The van der Waals surface area contributed by atoms with Gasteiger partial charge in [-0.1, -0.05) is 0 Å². The molecule has 1 heterocycles. The highest BCUT2D eigenvalue weighted by molar-refractivity contribution is 9.11. The number of phenolic OH excluding ortho intramolecular Hbond substituents is 1. The second-order valence-corrected chi connectivity index (χ2v) is 6.36. The molecule has 0 spiro atoms. The fourth-order valence-electron chi connectivity index (χ4n) is 1.91. The third-order valence-corrected chi connectivity index (χ3v) is 4.30. The van der Waals surface area contributed by atoms with E-state index in [4.69, 9.17) is 0 Å². The molecular formula is C12H8Br2F4N2O3. The van der Waals surface area contributed by atoms with Crippen LogP contribution < -0.4 is 0 Å². The monoisotopic (exact) mass is 462 g/mol. The van der Waals surface area contributed by atoms with Crippen LogP contribution in [0.5, 0.6) is 5.75 Å². The number of amides is 1. The zero-order valence-corrected chi connectivity index (χ0v) is 14.2. The molecule has 0 aromatic heterocycles. The molecule has 1 unspecified atom stereocenters. The lowest BCUT2D eigenvalue weighted by Crippen LogP contribution is -2.51. The van der Waals surface area contributed by atoms with Gasteiger partial charge in [-0.25, -0.2) is 17.6 Å². The SMILES string of the molecule is O=C(c1cc(Br)c(O)c(Br)c1)N1N=C(C(F)F)CC1(O)C(F)F. The van der Waals surface area contributed by atoms with Crippen LogP contribution in [0.1, 0.15) is 16.8 Å². The Morgan fingerprint density at radius 3 is 2.22 bits per heavy atom. The van der Waals surface area contributed by atoms with Crippen LogP contribution in [0.3, 0.4) is 0 Å². The largest absolute Gasteiger partial charge is 0.506 e. The van der Waals surface area contributed by atoms with E-state index in [9.17, 15) is 32.6 Å². The van der Waals surface area contributed by atoms with Gasteiger partial charge in [0, 0.05) is 12.0 Å². The number of rotatable bonds is 3. The highest BCUT2D eigenvalue weighted by Crippen LogP contribution is 2.37. The third-order valence-electron chi connectivity index (χ3n) is 3.09. The maximum absolute atomic E-state index is 13.1. The van der Waals surface area contributed by atoms with Crippen molar-refractivity contribution in [3.05, 3.63) is 26.6 Å². The van der Waals surface area contributed by atoms with Crippen molar-refractivity contribution in [2.75, 3.05) is 0 Å². The van der Waals surface area contributed by atoms with E-state index in [1.807, 2.05) is 0 Å². The van der Waals surface area contributed by atoms with E-state index in [1.165, 1.54) is 0 Å². The molecule has 0 saturated carbocycles. The van der Waals surface area contributed by atoms with Gasteiger partial charge >= 0.3 is 0 Å². The van der Waals surface area contributed by atoms with Crippen LogP contribution in [0.2, 0.25) is 0 Å². The van der Waals surface area contributed by atoms with Gasteiger partial charge in [-0.15, -0.1) is 0 Å². The lowest BCUT2D eigenvalue weighted by Gasteiger charge is -2.30. The predicted octanol–water partition coefficient (Wildman–Crippen LogP) is 3.34. The van der Waals surface area contributed by atoms with Crippen LogP contribution in [0.25, 0.3) is 0 Å². The van der Waals surface area contributed by atoms with Crippen molar-refractivity contribution in [2.45, 2.75) is 25.0 Å². The summed E-state index contributed by atoms with van der Waals surface area (Å²) in [5.74, 6) is -1.46. The Morgan fingerprint density at radius 1 is 1.26 bits per heavy atom. The number of halogens is 6. The van der Waals surface area contributed by atoms with Crippen molar-refractivity contribution in [1.82, 2.24) is 5.01 Å². The molecule has 126 valence electrons. The topological polar surface area (TPSA) is 73.1 Å². The number of phenols is 1. The lowest BCUT2D eigenvalue weighted by atomic mass is 10.1. The number of aromatic hydroxyl groups is 1. The number of hydrogen-bond donors (Lipinski definition) is 2. The Hall–Kier alpha value is -1.20. The molecule has 0 bridgehead atoms. The second-order valence-electron chi connectivity index (χ2n) is 4.65. The highest BCUT2D eigenvalue weighted by Gasteiger charge is 2.53. The molecule has 2 N–H and O–H groups in total. The average Bonchev–Trinajstić information content (AvgIpc) is 2.83. The maximum atomic E-state index is 13.1. The van der Waals surface area contributed by atoms with Gasteiger partial charge in [-0.3, -0.25) is 4.79 Å². The molecular weight excluding hydrogens is 456 g/mol. The fourth-order valence-corrected chi connectivity index (χ4v) is 3.10. The number of hydrogen-bond acceptors (Lipinski definition) is 4. The van der Waals surface area contributed by atoms with E-state index < -0.39 is 36.6 Å². The van der Waals surface area contributed by atoms with Crippen molar-refractivity contribution in [2.24, 2.45) is 5.10 Å². The third kappa shape index (κ3) is 3.22. The van der Waals surface area contributed by atoms with Crippen LogP contribution in [0.15, 0.2) is 26.2 Å². The van der Waals surface area contributed by atoms with Crippen LogP contribution in [0, 0.1) is 0 Å². The Bertz CT molecular complexity index is 663. The van der Waals surface area contributed by atoms with E-state index in [0.29, 0.717) is 0 Å². The van der Waals surface area contributed by atoms with E-state index in [-0.39, 0.29) is 25.3 Å². The van der Waals surface area contributed by atoms with Gasteiger partial charge in [-0.05, 0) is 44.0 Å². The standard InChI is InChI=1S/C12H8Br2F4N2O3/c13-5-1-4(2-6(14)8(5)21)10(22)20-12(23,11(17)18)3-7(19-20)9(15)16/h1-2,9,11,21,23H,3H2. The summed E-state index contributed by atoms with van der Waals surface area (Å²) < 4.78 is 51.7. The predicted molar refractivity (Wildman–Crippen MR) is 78.7 cm³/mol. The Labute approximate surface area is 143 Å². The fraction of sp³-hybridized carbons (Fsp3) is 0.333. The molecule has 2 rings (SSSR count). The summed E-state index contributed by atoms with van der Waals surface area (Å²) >= 11 is 5.90. The number of nitrogens with zero attached hydrogens (tertiary/aromatic N) is 2. The van der Waals surface area contributed by atoms with Crippen LogP contribution in [0.4, 0.5) is 17.6 Å². The van der Waals surface area contributed by atoms with Crippen molar-refractivity contribution < 1.29 is 32.6 Å². The number of carbonyl (C=O) groups excluding carboxylic acids is 1. The van der Waals surface area contributed by atoms with Crippen molar-refractivity contribution in [3.63, 3.8) is 0 Å². The first-order valence-electron chi connectivity index (χ1n) is 5.96. The summed E-state index contributed by atoms with van der Waals surface area (Å²) in [4.78, 5) is 12.3. The normalized spacial score (nSPS) is 21.3. The summed E-state index contributed by atoms with van der Waals surface area (Å²) in [6, 6.07) is 2.18. The molecule has 0 radical (unpaired) electrons. The molecule has 1 aliphatic heterocycles. The molecule has 0 aliphatic carbocycles. The smallest absolute Gasteiger partial charge is 0.287 e. The van der Waals surface area contributed by atoms with Gasteiger partial charge in [0.05, 0.1) is 8.95 Å². The van der Waals surface area contributed by atoms with E-state index >= 15 is 0 Å². The molecule has 5 nitrogen and oxygen atoms in total. The summed E-state index contributed by atoms with van der Waals surface area (Å²) in [5, 5.41) is 22.6. The molecule has 0 fully saturated rings. The maximum Gasteiger partial charge on any atom is 0.287 e. The Kier molecular flexibility index (Phi) is 5.02. The summed E-state index contributed by atoms with van der Waals surface area (Å²) in [6.07, 6.45) is -7.85. The van der Waals surface area contributed by atoms with E-state index in [0.717, 1.165) is 12.1 Å². The first-order chi connectivity index (χ1) is 10.6. The van der Waals surface area contributed by atoms with Gasteiger partial charge in [-0.2, -0.15) is 10.1 Å². The van der Waals surface area contributed by atoms with E-state index in [1.54, 1.807) is 0 Å². The first-order valence-corrected chi connectivity index (χ1v) is 7.55. The zero-order valence-electron chi connectivity index (χ0n) is 11.0. The molecule has 23 heavy (non-hydrogen) atoms. The summed E-state index contributed by atoms with van der Waals surface area (Å²) in [7, 11) is 0. The quantitative estimate of drug-likeness (QED) is 0.675. The Morgan fingerprint density at radius 2 is 1.78 bits per heavy atom. The van der Waals surface area contributed by atoms with Crippen LogP contribution in [-0.2, 0) is 0 Å². The van der Waals surface area contributed by atoms with Crippen molar-refractivity contribution >= 4 is 43.5 Å². The number of carbonyl (C=O) groups is 1. The van der Waals surface area contributed by atoms with Crippen LogP contribution in [-0.4, -0.2) is 45.4 Å². The summed E-state index contributed by atoms with van der Waals surface area (Å²) in [5.41, 5.74) is -4.42. The average molecular weight is 464 g/mol. The Balaban J connectivity index is 2.47. The second kappa shape index (κ2) is 6.36. The van der Waals surface area contributed by atoms with Gasteiger partial charge in [0.1, 0.15) is 11.5 Å². The number of aliphatic hydroxyl groups is 1. The minimum Gasteiger partial charge on any atom is -0.506 e. The van der Waals surface area contributed by atoms with E-state index in [2.05, 4.69) is 37.0 Å². The molecule has 1 aromatic carbocycles. The van der Waals surface area contributed by atoms with Gasteiger partial charge < -0.3 is 10.2 Å². The lowest BCUT2D eigenvalue weighted by molar-refractivity contribution is -0.164. The van der Waals surface area contributed by atoms with Gasteiger partial charge in [0.25, 0.3) is 18.8 Å². The molecule has 1 atom stereocenters. The zero-order chi connectivity index (χ0) is 17.5. The van der Waals surface area contributed by atoms with Gasteiger partial charge in [0.2, 0.25) is 5.72 Å². The van der Waals surface area contributed by atoms with Crippen LogP contribution >= 0.6 is 31.9 Å². The molecule has 1 amide bonds. The van der Waals surface area contributed by atoms with Gasteiger partial charge in [0.15, 0.2) is 0 Å². The molecule has 11 heteroatoms. The minimum absolute atomic E-state index is 0.0512. The molecule has 0 saturated heterocycles. The summed E-state index contributed by atoms with van der Waals surface area (Å²) in [6.45, 7) is 0. The van der Waals surface area contributed by atoms with Crippen molar-refractivity contribution in [1.29, 1.82) is 0 Å². The first kappa shape index (κ1) is 18.1. The number of benzene rings is 1.